The number of carbonyl (C=O) groups is 4. The smallest absolute Gasteiger partial charge is 0.308 e. The van der Waals surface area contributed by atoms with E-state index in [2.05, 4.69) is 19.2 Å². The number of esters is 1. The van der Waals surface area contributed by atoms with E-state index in [0.717, 1.165) is 11.3 Å². The van der Waals surface area contributed by atoms with Crippen LogP contribution in [0.25, 0.3) is 0 Å². The number of imide groups is 1. The molecule has 160 valence electrons. The standard InChI is InChI=1S/C23H28N2O5/c1-3-15(2)16-8-10-17(11-9-16)24-20(26)14-30-21(27)12-13-25-22(28)18-6-4-5-7-19(18)23(25)29/h4-5,8-11,15,18-19H,3,6-7,12-14H2,1-2H3,(H,24,26)/t15-,18-,19+/m1/s1. The molecule has 0 bridgehead atoms. The molecule has 1 aromatic carbocycles. The van der Waals surface area contributed by atoms with Crippen LogP contribution in [-0.2, 0) is 23.9 Å². The van der Waals surface area contributed by atoms with Gasteiger partial charge in [0.05, 0.1) is 18.3 Å². The zero-order chi connectivity index (χ0) is 21.7. The van der Waals surface area contributed by atoms with Crippen molar-refractivity contribution in [2.45, 2.75) is 45.4 Å². The van der Waals surface area contributed by atoms with Crippen LogP contribution in [-0.4, -0.2) is 41.7 Å². The molecule has 0 aromatic heterocycles. The number of hydrogen-bond donors (Lipinski definition) is 1. The topological polar surface area (TPSA) is 92.8 Å². The van der Waals surface area contributed by atoms with Crippen LogP contribution in [0, 0.1) is 11.8 Å². The van der Waals surface area contributed by atoms with E-state index >= 15 is 0 Å². The molecule has 3 amide bonds. The highest BCUT2D eigenvalue weighted by atomic mass is 16.5. The van der Waals surface area contributed by atoms with Crippen molar-refractivity contribution in [2.75, 3.05) is 18.5 Å². The second-order valence-electron chi connectivity index (χ2n) is 7.87. The van der Waals surface area contributed by atoms with E-state index in [1.807, 2.05) is 36.4 Å². The van der Waals surface area contributed by atoms with Crippen LogP contribution in [0.4, 0.5) is 5.69 Å². The third-order valence-corrected chi connectivity index (χ3v) is 5.88. The fourth-order valence-corrected chi connectivity index (χ4v) is 3.84. The first-order valence-electron chi connectivity index (χ1n) is 10.5. The molecule has 7 nitrogen and oxygen atoms in total. The minimum atomic E-state index is -0.620. The average Bonchev–Trinajstić information content (AvgIpc) is 3.01. The van der Waals surface area contributed by atoms with Crippen molar-refractivity contribution in [3.05, 3.63) is 42.0 Å². The van der Waals surface area contributed by atoms with E-state index in [9.17, 15) is 19.2 Å². The molecule has 30 heavy (non-hydrogen) atoms. The van der Waals surface area contributed by atoms with Gasteiger partial charge in [-0.1, -0.05) is 38.1 Å². The summed E-state index contributed by atoms with van der Waals surface area (Å²) in [5, 5.41) is 2.68. The molecule has 1 aliphatic carbocycles. The number of nitrogens with one attached hydrogen (secondary N) is 1. The SMILES string of the molecule is CC[C@@H](C)c1ccc(NC(=O)COC(=O)CCN2C(=O)[C@H]3CC=CC[C@H]3C2=O)cc1. The fourth-order valence-electron chi connectivity index (χ4n) is 3.84. The Labute approximate surface area is 176 Å². The largest absolute Gasteiger partial charge is 0.456 e. The van der Waals surface area contributed by atoms with Gasteiger partial charge in [0.25, 0.3) is 5.91 Å². The molecule has 1 fully saturated rings. The molecular formula is C23H28N2O5. The van der Waals surface area contributed by atoms with Gasteiger partial charge in [-0.2, -0.15) is 0 Å². The maximum absolute atomic E-state index is 12.4. The summed E-state index contributed by atoms with van der Waals surface area (Å²) in [6.07, 6.45) is 5.88. The molecule has 1 aliphatic heterocycles. The van der Waals surface area contributed by atoms with E-state index in [4.69, 9.17) is 4.74 Å². The molecule has 1 N–H and O–H groups in total. The molecule has 0 saturated carbocycles. The van der Waals surface area contributed by atoms with Crippen LogP contribution < -0.4 is 5.32 Å². The van der Waals surface area contributed by atoms with Crippen LogP contribution in [0.15, 0.2) is 36.4 Å². The Balaban J connectivity index is 1.41. The van der Waals surface area contributed by atoms with Gasteiger partial charge in [0.1, 0.15) is 0 Å². The number of nitrogens with zero attached hydrogens (tertiary/aromatic N) is 1. The van der Waals surface area contributed by atoms with Gasteiger partial charge in [-0.05, 0) is 42.9 Å². The first-order chi connectivity index (χ1) is 14.4. The minimum absolute atomic E-state index is 0.0117. The lowest BCUT2D eigenvalue weighted by molar-refractivity contribution is -0.148. The molecule has 3 atom stereocenters. The van der Waals surface area contributed by atoms with E-state index in [1.54, 1.807) is 0 Å². The summed E-state index contributed by atoms with van der Waals surface area (Å²) in [5.41, 5.74) is 1.83. The van der Waals surface area contributed by atoms with Gasteiger partial charge in [0.2, 0.25) is 11.8 Å². The van der Waals surface area contributed by atoms with Crippen molar-refractivity contribution in [1.29, 1.82) is 0 Å². The number of hydrogen-bond acceptors (Lipinski definition) is 5. The summed E-state index contributed by atoms with van der Waals surface area (Å²) in [5.74, 6) is -1.67. The van der Waals surface area contributed by atoms with Gasteiger partial charge in [0.15, 0.2) is 6.61 Å². The zero-order valence-corrected chi connectivity index (χ0v) is 17.4. The predicted molar refractivity (Wildman–Crippen MR) is 111 cm³/mol. The summed E-state index contributed by atoms with van der Waals surface area (Å²) in [7, 11) is 0. The maximum Gasteiger partial charge on any atom is 0.308 e. The highest BCUT2D eigenvalue weighted by Gasteiger charge is 2.46. The molecule has 1 aromatic rings. The fraction of sp³-hybridized carbons (Fsp3) is 0.478. The number of amides is 3. The van der Waals surface area contributed by atoms with Gasteiger partial charge >= 0.3 is 5.97 Å². The number of rotatable bonds is 8. The highest BCUT2D eigenvalue weighted by Crippen LogP contribution is 2.35. The van der Waals surface area contributed by atoms with Crippen molar-refractivity contribution in [1.82, 2.24) is 4.90 Å². The lowest BCUT2D eigenvalue weighted by atomic mass is 9.85. The Bertz CT molecular complexity index is 820. The average molecular weight is 412 g/mol. The van der Waals surface area contributed by atoms with Crippen molar-refractivity contribution in [2.24, 2.45) is 11.8 Å². The molecule has 0 unspecified atom stereocenters. The number of likely N-dealkylation sites (tertiary alicyclic amines) is 1. The number of benzene rings is 1. The number of ether oxygens (including phenoxy) is 1. The second-order valence-corrected chi connectivity index (χ2v) is 7.87. The predicted octanol–water partition coefficient (Wildman–Crippen LogP) is 3.02. The Morgan fingerprint density at radius 2 is 1.70 bits per heavy atom. The molecular weight excluding hydrogens is 384 g/mol. The zero-order valence-electron chi connectivity index (χ0n) is 17.4. The molecule has 7 heteroatoms. The monoisotopic (exact) mass is 412 g/mol. The van der Waals surface area contributed by atoms with Crippen LogP contribution in [0.2, 0.25) is 0 Å². The Hall–Kier alpha value is -2.96. The van der Waals surface area contributed by atoms with Gasteiger partial charge in [-0.15, -0.1) is 0 Å². The summed E-state index contributed by atoms with van der Waals surface area (Å²) in [6, 6.07) is 7.57. The lowest BCUT2D eigenvalue weighted by Gasteiger charge is -2.14. The van der Waals surface area contributed by atoms with Gasteiger partial charge in [-0.3, -0.25) is 24.1 Å². The van der Waals surface area contributed by atoms with Gasteiger partial charge in [0, 0.05) is 12.2 Å². The van der Waals surface area contributed by atoms with Gasteiger partial charge < -0.3 is 10.1 Å². The van der Waals surface area contributed by atoms with Crippen molar-refractivity contribution in [3.63, 3.8) is 0 Å². The van der Waals surface area contributed by atoms with Crippen molar-refractivity contribution in [3.8, 4) is 0 Å². The third kappa shape index (κ3) is 4.96. The Kier molecular flexibility index (Phi) is 7.03. The van der Waals surface area contributed by atoms with Crippen LogP contribution >= 0.6 is 0 Å². The lowest BCUT2D eigenvalue weighted by Crippen LogP contribution is -2.33. The maximum atomic E-state index is 12.4. The molecule has 1 saturated heterocycles. The van der Waals surface area contributed by atoms with Crippen LogP contribution in [0.5, 0.6) is 0 Å². The summed E-state index contributed by atoms with van der Waals surface area (Å²) >= 11 is 0. The minimum Gasteiger partial charge on any atom is -0.456 e. The number of fused-ring (bicyclic) bond motifs is 1. The Morgan fingerprint density at radius 1 is 1.10 bits per heavy atom. The van der Waals surface area contributed by atoms with E-state index < -0.39 is 18.5 Å². The van der Waals surface area contributed by atoms with E-state index in [0.29, 0.717) is 24.4 Å². The molecule has 2 aliphatic rings. The Morgan fingerprint density at radius 3 is 2.27 bits per heavy atom. The number of anilines is 1. The van der Waals surface area contributed by atoms with E-state index in [1.165, 1.54) is 5.56 Å². The van der Waals surface area contributed by atoms with Crippen LogP contribution in [0.3, 0.4) is 0 Å². The summed E-state index contributed by atoms with van der Waals surface area (Å²) in [4.78, 5) is 49.9. The highest BCUT2D eigenvalue weighted by molar-refractivity contribution is 6.05. The first kappa shape index (κ1) is 21.7. The molecule has 3 rings (SSSR count). The number of carbonyl (C=O) groups excluding carboxylic acids is 4. The third-order valence-electron chi connectivity index (χ3n) is 5.88. The summed E-state index contributed by atoms with van der Waals surface area (Å²) < 4.78 is 4.99. The van der Waals surface area contributed by atoms with Crippen molar-refractivity contribution >= 4 is 29.4 Å². The normalized spacial score (nSPS) is 21.3. The first-order valence-corrected chi connectivity index (χ1v) is 10.5. The van der Waals surface area contributed by atoms with E-state index in [-0.39, 0.29) is 36.6 Å². The number of allylic oxidation sites excluding steroid dienone is 2. The molecule has 1 heterocycles. The van der Waals surface area contributed by atoms with Crippen LogP contribution in [0.1, 0.15) is 51.0 Å². The van der Waals surface area contributed by atoms with Gasteiger partial charge in [-0.25, -0.2) is 0 Å². The molecule has 0 spiro atoms. The second kappa shape index (κ2) is 9.69. The quantitative estimate of drug-likeness (QED) is 0.402. The van der Waals surface area contributed by atoms with Crippen molar-refractivity contribution < 1.29 is 23.9 Å². The summed E-state index contributed by atoms with van der Waals surface area (Å²) in [6.45, 7) is 3.83. The molecule has 0 radical (unpaired) electrons.